The molecule has 4 rings (SSSR count). The lowest BCUT2D eigenvalue weighted by molar-refractivity contribution is -0.146. The zero-order valence-electron chi connectivity index (χ0n) is 19.0. The number of aryl methyl sites for hydroxylation is 2. The van der Waals surface area contributed by atoms with Gasteiger partial charge in [0, 0.05) is 6.54 Å². The number of amides is 2. The third-order valence-electron chi connectivity index (χ3n) is 6.39. The number of hydrogen-bond acceptors (Lipinski definition) is 4. The van der Waals surface area contributed by atoms with Crippen molar-refractivity contribution in [2.24, 2.45) is 5.92 Å². The molecule has 174 valence electrons. The van der Waals surface area contributed by atoms with Crippen molar-refractivity contribution < 1.29 is 24.6 Å². The van der Waals surface area contributed by atoms with Gasteiger partial charge in [0.25, 0.3) is 11.8 Å². The number of aliphatic hydroxyl groups is 1. The zero-order valence-corrected chi connectivity index (χ0v) is 19.0. The van der Waals surface area contributed by atoms with Gasteiger partial charge in [0.05, 0.1) is 23.1 Å². The van der Waals surface area contributed by atoms with Crippen molar-refractivity contribution in [2.75, 3.05) is 6.54 Å². The van der Waals surface area contributed by atoms with Gasteiger partial charge < -0.3 is 10.2 Å². The number of carbonyl (C=O) groups excluding carboxylic acids is 2. The van der Waals surface area contributed by atoms with Crippen molar-refractivity contribution in [3.05, 3.63) is 95.1 Å². The number of nitrogens with zero attached hydrogens (tertiary/aromatic N) is 1. The first-order valence-corrected chi connectivity index (χ1v) is 11.4. The predicted molar refractivity (Wildman–Crippen MR) is 128 cm³/mol. The van der Waals surface area contributed by atoms with Gasteiger partial charge >= 0.3 is 5.97 Å². The summed E-state index contributed by atoms with van der Waals surface area (Å²) >= 11 is 0. The van der Waals surface area contributed by atoms with Crippen LogP contribution in [-0.2, 0) is 11.2 Å². The second-order valence-corrected chi connectivity index (χ2v) is 8.71. The van der Waals surface area contributed by atoms with Gasteiger partial charge in [-0.3, -0.25) is 19.3 Å². The molecule has 3 aromatic carbocycles. The number of aliphatic carboxylic acids is 1. The van der Waals surface area contributed by atoms with Gasteiger partial charge in [0.2, 0.25) is 0 Å². The summed E-state index contributed by atoms with van der Waals surface area (Å²) < 4.78 is 0. The summed E-state index contributed by atoms with van der Waals surface area (Å²) in [6.45, 7) is 1.99. The van der Waals surface area contributed by atoms with Crippen LogP contribution in [0.3, 0.4) is 0 Å². The van der Waals surface area contributed by atoms with E-state index in [0.29, 0.717) is 17.5 Å². The SMILES string of the molecule is Cc1ccc(-c2ccc(CC[C@@H](O)[C@@H](CCN3C(=O)c4ccccc4C3=O)C(=O)O)cc2)cc1. The van der Waals surface area contributed by atoms with Crippen LogP contribution in [-0.4, -0.2) is 45.5 Å². The van der Waals surface area contributed by atoms with E-state index in [0.717, 1.165) is 21.6 Å². The number of carboxylic acids is 1. The molecule has 6 heteroatoms. The maximum atomic E-state index is 12.5. The minimum atomic E-state index is -1.14. The Morgan fingerprint density at radius 1 is 0.824 bits per heavy atom. The molecule has 0 unspecified atom stereocenters. The van der Waals surface area contributed by atoms with E-state index in [1.165, 1.54) is 5.56 Å². The van der Waals surface area contributed by atoms with Gasteiger partial charge in [-0.25, -0.2) is 0 Å². The van der Waals surface area contributed by atoms with E-state index < -0.39 is 29.8 Å². The summed E-state index contributed by atoms with van der Waals surface area (Å²) in [4.78, 5) is 37.9. The number of fused-ring (bicyclic) bond motifs is 1. The van der Waals surface area contributed by atoms with E-state index in [1.807, 2.05) is 31.2 Å². The molecule has 34 heavy (non-hydrogen) atoms. The Morgan fingerprint density at radius 2 is 1.35 bits per heavy atom. The van der Waals surface area contributed by atoms with Crippen molar-refractivity contribution in [3.63, 3.8) is 0 Å². The van der Waals surface area contributed by atoms with Gasteiger partial charge in [0.15, 0.2) is 0 Å². The van der Waals surface area contributed by atoms with E-state index in [1.54, 1.807) is 24.3 Å². The minimum absolute atomic E-state index is 0.00562. The van der Waals surface area contributed by atoms with Crippen LogP contribution in [0.5, 0.6) is 0 Å². The molecule has 0 aliphatic carbocycles. The third kappa shape index (κ3) is 4.92. The second-order valence-electron chi connectivity index (χ2n) is 8.71. The molecular weight excluding hydrogens is 430 g/mol. The van der Waals surface area contributed by atoms with Crippen LogP contribution in [0.4, 0.5) is 0 Å². The molecular formula is C28H27NO5. The first-order valence-electron chi connectivity index (χ1n) is 11.4. The van der Waals surface area contributed by atoms with E-state index in [4.69, 9.17) is 0 Å². The molecule has 0 spiro atoms. The molecule has 0 aromatic heterocycles. The number of aliphatic hydroxyl groups excluding tert-OH is 1. The van der Waals surface area contributed by atoms with E-state index in [9.17, 15) is 24.6 Å². The number of benzene rings is 3. The van der Waals surface area contributed by atoms with Crippen molar-refractivity contribution in [3.8, 4) is 11.1 Å². The molecule has 0 bridgehead atoms. The largest absolute Gasteiger partial charge is 0.481 e. The highest BCUT2D eigenvalue weighted by Gasteiger charge is 2.36. The molecule has 2 N–H and O–H groups in total. The fourth-order valence-corrected chi connectivity index (χ4v) is 4.32. The maximum Gasteiger partial charge on any atom is 0.309 e. The molecule has 6 nitrogen and oxygen atoms in total. The Bertz CT molecular complexity index is 1170. The van der Waals surface area contributed by atoms with Gasteiger partial charge in [-0.15, -0.1) is 0 Å². The monoisotopic (exact) mass is 457 g/mol. The Balaban J connectivity index is 1.34. The summed E-state index contributed by atoms with van der Waals surface area (Å²) in [7, 11) is 0. The van der Waals surface area contributed by atoms with Crippen LogP contribution >= 0.6 is 0 Å². The molecule has 1 aliphatic rings. The van der Waals surface area contributed by atoms with Crippen molar-refractivity contribution in [1.29, 1.82) is 0 Å². The molecule has 0 saturated carbocycles. The molecule has 0 saturated heterocycles. The summed E-state index contributed by atoms with van der Waals surface area (Å²) in [6, 6.07) is 22.8. The van der Waals surface area contributed by atoms with Crippen LogP contribution in [0.15, 0.2) is 72.8 Å². The highest BCUT2D eigenvalue weighted by molar-refractivity contribution is 6.21. The Morgan fingerprint density at radius 3 is 1.88 bits per heavy atom. The first kappa shape index (κ1) is 23.4. The predicted octanol–water partition coefficient (Wildman–Crippen LogP) is 4.34. The van der Waals surface area contributed by atoms with Crippen LogP contribution in [0.1, 0.15) is 44.7 Å². The third-order valence-corrected chi connectivity index (χ3v) is 6.39. The Labute approximate surface area is 198 Å². The summed E-state index contributed by atoms with van der Waals surface area (Å²) in [5, 5.41) is 20.3. The van der Waals surface area contributed by atoms with E-state index in [2.05, 4.69) is 24.3 Å². The standard InChI is InChI=1S/C28H27NO5/c1-18-6-11-20(12-7-18)21-13-8-19(9-14-21)10-15-25(30)24(28(33)34)16-17-29-26(31)22-4-2-3-5-23(22)27(29)32/h2-9,11-14,24-25,30H,10,15-17H2,1H3,(H,33,34)/t24-,25-/m1/s1. The molecule has 0 radical (unpaired) electrons. The molecule has 2 amide bonds. The van der Waals surface area contributed by atoms with Crippen LogP contribution in [0, 0.1) is 12.8 Å². The average molecular weight is 458 g/mol. The molecule has 0 fully saturated rings. The number of rotatable bonds is 9. The van der Waals surface area contributed by atoms with Crippen molar-refractivity contribution in [2.45, 2.75) is 32.3 Å². The molecule has 1 aliphatic heterocycles. The van der Waals surface area contributed by atoms with Crippen LogP contribution in [0.2, 0.25) is 0 Å². The smallest absolute Gasteiger partial charge is 0.309 e. The Kier molecular flexibility index (Phi) is 6.89. The quantitative estimate of drug-likeness (QED) is 0.466. The van der Waals surface area contributed by atoms with Crippen LogP contribution in [0.25, 0.3) is 11.1 Å². The van der Waals surface area contributed by atoms with Crippen LogP contribution < -0.4 is 0 Å². The first-order chi connectivity index (χ1) is 16.3. The van der Waals surface area contributed by atoms with Gasteiger partial charge in [-0.05, 0) is 55.0 Å². The average Bonchev–Trinajstić information content (AvgIpc) is 3.08. The fourth-order valence-electron chi connectivity index (χ4n) is 4.32. The van der Waals surface area contributed by atoms with E-state index in [-0.39, 0.29) is 19.4 Å². The molecule has 3 aromatic rings. The van der Waals surface area contributed by atoms with Gasteiger partial charge in [-0.2, -0.15) is 0 Å². The highest BCUT2D eigenvalue weighted by atomic mass is 16.4. The lowest BCUT2D eigenvalue weighted by Crippen LogP contribution is -2.36. The second kappa shape index (κ2) is 10.0. The lowest BCUT2D eigenvalue weighted by atomic mass is 9.93. The molecule has 1 heterocycles. The summed E-state index contributed by atoms with van der Waals surface area (Å²) in [5.41, 5.74) is 5.07. The normalized spacial score (nSPS) is 14.7. The van der Waals surface area contributed by atoms with Gasteiger partial charge in [-0.1, -0.05) is 66.2 Å². The Hall–Kier alpha value is -3.77. The van der Waals surface area contributed by atoms with Crippen molar-refractivity contribution >= 4 is 17.8 Å². The van der Waals surface area contributed by atoms with E-state index >= 15 is 0 Å². The fraction of sp³-hybridized carbons (Fsp3) is 0.250. The zero-order chi connectivity index (χ0) is 24.2. The topological polar surface area (TPSA) is 94.9 Å². The number of hydrogen-bond donors (Lipinski definition) is 2. The minimum Gasteiger partial charge on any atom is -0.481 e. The summed E-state index contributed by atoms with van der Waals surface area (Å²) in [6.07, 6.45) is -0.312. The summed E-state index contributed by atoms with van der Waals surface area (Å²) in [5.74, 6) is -3.06. The van der Waals surface area contributed by atoms with Gasteiger partial charge in [0.1, 0.15) is 0 Å². The lowest BCUT2D eigenvalue weighted by Gasteiger charge is -2.22. The van der Waals surface area contributed by atoms with Crippen molar-refractivity contribution in [1.82, 2.24) is 4.90 Å². The maximum absolute atomic E-state index is 12.5. The molecule has 2 atom stereocenters. The number of carboxylic acid groups (broad SMARTS) is 1. The highest BCUT2D eigenvalue weighted by Crippen LogP contribution is 2.25. The number of carbonyl (C=O) groups is 3. The number of imide groups is 1.